The van der Waals surface area contributed by atoms with Gasteiger partial charge in [0.15, 0.2) is 0 Å². The molecule has 0 nitrogen and oxygen atoms in total. The summed E-state index contributed by atoms with van der Waals surface area (Å²) in [5.74, 6) is 0. The van der Waals surface area contributed by atoms with Crippen LogP contribution < -0.4 is 0 Å². The van der Waals surface area contributed by atoms with Crippen LogP contribution in [0.5, 0.6) is 0 Å². The van der Waals surface area contributed by atoms with Gasteiger partial charge in [-0.05, 0) is 178 Å². The van der Waals surface area contributed by atoms with E-state index in [1.807, 2.05) is 0 Å². The van der Waals surface area contributed by atoms with Crippen LogP contribution in [0, 0.1) is 0 Å². The molecule has 0 amide bonds. The van der Waals surface area contributed by atoms with Crippen LogP contribution in [0.1, 0.15) is 0 Å². The van der Waals surface area contributed by atoms with Crippen LogP contribution in [-0.4, -0.2) is 0 Å². The lowest BCUT2D eigenvalue weighted by atomic mass is 9.83. The van der Waals surface area contributed by atoms with Gasteiger partial charge in [-0.15, -0.1) is 0 Å². The molecule has 0 heterocycles. The van der Waals surface area contributed by atoms with Gasteiger partial charge in [0.2, 0.25) is 0 Å². The maximum absolute atomic E-state index is 2.31. The average molecular weight is 1010 g/mol. The Bertz CT molecular complexity index is 5080. The first kappa shape index (κ1) is 44.7. The molecular weight excluding hydrogens is 961 g/mol. The Morgan fingerprint density at radius 3 is 0.662 bits per heavy atom. The quantitative estimate of drug-likeness (QED) is 0.105. The van der Waals surface area contributed by atoms with Crippen LogP contribution in [0.2, 0.25) is 0 Å². The molecule has 0 saturated carbocycles. The summed E-state index contributed by atoms with van der Waals surface area (Å²) in [5, 5.41) is 43.5. The second-order valence-corrected chi connectivity index (χ2v) is 21.7. The van der Waals surface area contributed by atoms with E-state index in [2.05, 4.69) is 291 Å². The first-order chi connectivity index (χ1) is 39.7. The van der Waals surface area contributed by atoms with Crippen LogP contribution in [0.3, 0.4) is 0 Å². The van der Waals surface area contributed by atoms with Crippen molar-refractivity contribution in [1.29, 1.82) is 0 Å². The molecule has 0 aliphatic heterocycles. The molecule has 0 N–H and O–H groups in total. The van der Waals surface area contributed by atoms with Crippen molar-refractivity contribution < 1.29 is 0 Å². The topological polar surface area (TPSA) is 0 Å². The van der Waals surface area contributed by atoms with Gasteiger partial charge >= 0.3 is 0 Å². The molecule has 0 heteroatoms. The van der Waals surface area contributed by atoms with Gasteiger partial charge in [0.25, 0.3) is 0 Å². The molecule has 0 unspecified atom stereocenters. The maximum Gasteiger partial charge on any atom is -0.00139 e. The number of hydrogen-bond acceptors (Lipinski definition) is 0. The van der Waals surface area contributed by atoms with E-state index >= 15 is 0 Å². The lowest BCUT2D eigenvalue weighted by molar-refractivity contribution is 1.77. The van der Waals surface area contributed by atoms with Gasteiger partial charge in [-0.3, -0.25) is 0 Å². The Kier molecular flexibility index (Phi) is 9.81. The van der Waals surface area contributed by atoms with Gasteiger partial charge < -0.3 is 0 Å². The summed E-state index contributed by atoms with van der Waals surface area (Å²) in [7, 11) is 0. The van der Waals surface area contributed by atoms with Gasteiger partial charge in [-0.1, -0.05) is 285 Å². The van der Waals surface area contributed by atoms with Gasteiger partial charge in [0, 0.05) is 0 Å². The number of fused-ring (bicyclic) bond motifs is 13. The monoisotopic (exact) mass is 1010 g/mol. The molecule has 368 valence electrons. The molecule has 0 aliphatic carbocycles. The highest BCUT2D eigenvalue weighted by molar-refractivity contribution is 6.44. The molecular formula is C80H48. The van der Waals surface area contributed by atoms with E-state index < -0.39 is 0 Å². The summed E-state index contributed by atoms with van der Waals surface area (Å²) < 4.78 is 0. The lowest BCUT2D eigenvalue weighted by Gasteiger charge is -2.20. The third kappa shape index (κ3) is 6.70. The predicted molar refractivity (Wildman–Crippen MR) is 351 cm³/mol. The van der Waals surface area contributed by atoms with E-state index in [4.69, 9.17) is 0 Å². The molecule has 0 saturated heterocycles. The molecule has 0 aromatic heterocycles. The summed E-state index contributed by atoms with van der Waals surface area (Å²) >= 11 is 0. The Morgan fingerprint density at radius 1 is 0.100 bits per heavy atom. The fourth-order valence-corrected chi connectivity index (χ4v) is 14.0. The lowest BCUT2D eigenvalue weighted by Crippen LogP contribution is -1.91. The summed E-state index contributed by atoms with van der Waals surface area (Å²) in [6.45, 7) is 0. The van der Waals surface area contributed by atoms with Crippen molar-refractivity contribution in [1.82, 2.24) is 0 Å². The highest BCUT2D eigenvalue weighted by Gasteiger charge is 2.20. The van der Waals surface area contributed by atoms with Crippen molar-refractivity contribution in [2.24, 2.45) is 0 Å². The molecule has 20 aromatic rings. The van der Waals surface area contributed by atoms with E-state index in [9.17, 15) is 0 Å². The Hall–Kier alpha value is -10.4. The van der Waals surface area contributed by atoms with E-state index in [0.717, 1.165) is 0 Å². The van der Waals surface area contributed by atoms with E-state index in [1.54, 1.807) is 0 Å². The van der Waals surface area contributed by atoms with Gasteiger partial charge in [-0.25, -0.2) is 0 Å². The standard InChI is InChI=1S/C24H12.C20H12.2C18H12/c1-2-14-5-6-16-9-11-18-12-10-17-8-7-15-4-3-13(1)19-20(14)22(16)24(18)23(17)21(15)19;1-2-7-17-15(4-1)12-16-9-8-13-5-3-6-14-10-11-18(17)20(16)19(13)14;1-3-7-15-13(5-1)9-11-18-16-8-4-2-6-14(16)10-12-17(15)18;1-2-8-14-13(7-1)15-9-3-4-11-17(15)18-12-6-5-10-16(14)18/h1-12H;1-12H;2*1-12H. The molecule has 0 spiro atoms. The minimum Gasteiger partial charge on any atom is -0.0616 e. The summed E-state index contributed by atoms with van der Waals surface area (Å²) in [4.78, 5) is 0. The summed E-state index contributed by atoms with van der Waals surface area (Å²) in [5.41, 5.74) is 0. The molecule has 0 radical (unpaired) electrons. The minimum absolute atomic E-state index is 1.31. The Labute approximate surface area is 460 Å². The van der Waals surface area contributed by atoms with Gasteiger partial charge in [0.05, 0.1) is 0 Å². The highest BCUT2D eigenvalue weighted by atomic mass is 14.2. The van der Waals surface area contributed by atoms with Crippen LogP contribution in [-0.2, 0) is 0 Å². The molecule has 0 fully saturated rings. The smallest absolute Gasteiger partial charge is 0.00139 e. The summed E-state index contributed by atoms with van der Waals surface area (Å²) in [6, 6.07) is 106. The molecule has 0 atom stereocenters. The third-order valence-electron chi connectivity index (χ3n) is 17.6. The van der Waals surface area contributed by atoms with Crippen LogP contribution >= 0.6 is 0 Å². The molecule has 20 rings (SSSR count). The van der Waals surface area contributed by atoms with Crippen molar-refractivity contribution in [3.63, 3.8) is 0 Å². The zero-order valence-electron chi connectivity index (χ0n) is 43.7. The maximum atomic E-state index is 2.31. The van der Waals surface area contributed by atoms with Gasteiger partial charge in [0.1, 0.15) is 0 Å². The largest absolute Gasteiger partial charge is 0.0616 e. The molecule has 0 bridgehead atoms. The zero-order valence-corrected chi connectivity index (χ0v) is 43.7. The van der Waals surface area contributed by atoms with Crippen molar-refractivity contribution in [2.45, 2.75) is 0 Å². The molecule has 80 heavy (non-hydrogen) atoms. The first-order valence-electron chi connectivity index (χ1n) is 27.9. The van der Waals surface area contributed by atoms with E-state index in [0.29, 0.717) is 0 Å². The highest BCUT2D eigenvalue weighted by Crippen LogP contribution is 2.48. The number of hydrogen-bond donors (Lipinski definition) is 0. The Balaban J connectivity index is 0.0000000860. The normalized spacial score (nSPS) is 12.0. The fourth-order valence-electron chi connectivity index (χ4n) is 14.0. The minimum atomic E-state index is 1.31. The van der Waals surface area contributed by atoms with E-state index in [-0.39, 0.29) is 0 Å². The third-order valence-corrected chi connectivity index (χ3v) is 17.6. The van der Waals surface area contributed by atoms with Crippen molar-refractivity contribution >= 4 is 172 Å². The SMILES string of the molecule is c1cc2ccc3ccc4ccc5ccc6ccc1c1c2c3c4c5c61.c1ccc2c(c1)c1ccccc1c1ccccc21.c1ccc2c(c1)cc1ccc3cccc4ccc2c1c34.c1ccc2c(c1)ccc1c3ccccc3ccc21. The van der Waals surface area contributed by atoms with Crippen molar-refractivity contribution in [3.8, 4) is 0 Å². The Morgan fingerprint density at radius 2 is 0.312 bits per heavy atom. The van der Waals surface area contributed by atoms with Crippen LogP contribution in [0.15, 0.2) is 291 Å². The van der Waals surface area contributed by atoms with Crippen molar-refractivity contribution in [2.75, 3.05) is 0 Å². The van der Waals surface area contributed by atoms with Crippen LogP contribution in [0.4, 0.5) is 0 Å². The van der Waals surface area contributed by atoms with Crippen molar-refractivity contribution in [3.05, 3.63) is 291 Å². The number of benzene rings is 20. The second-order valence-electron chi connectivity index (χ2n) is 21.7. The fraction of sp³-hybridized carbons (Fsp3) is 0. The number of rotatable bonds is 0. The van der Waals surface area contributed by atoms with Gasteiger partial charge in [-0.2, -0.15) is 0 Å². The second kappa shape index (κ2) is 17.6. The zero-order chi connectivity index (χ0) is 52.4. The first-order valence-corrected chi connectivity index (χ1v) is 27.9. The predicted octanol–water partition coefficient (Wildman–Crippen LogP) is 22.9. The molecule has 20 aromatic carbocycles. The summed E-state index contributed by atoms with van der Waals surface area (Å²) in [6.07, 6.45) is 0. The van der Waals surface area contributed by atoms with Crippen LogP contribution in [0.25, 0.3) is 172 Å². The van der Waals surface area contributed by atoms with E-state index in [1.165, 1.54) is 172 Å². The molecule has 0 aliphatic rings. The average Bonchev–Trinajstić information content (AvgIpc) is 3.67.